The lowest BCUT2D eigenvalue weighted by molar-refractivity contribution is 0.162. The Hall–Kier alpha value is -0.370. The van der Waals surface area contributed by atoms with Crippen LogP contribution in [0.4, 0.5) is 0 Å². The van der Waals surface area contributed by atoms with E-state index in [4.69, 9.17) is 14.9 Å². The molecule has 96 valence electrons. The molecule has 3 nitrogen and oxygen atoms in total. The van der Waals surface area contributed by atoms with Gasteiger partial charge in [0.05, 0.1) is 6.04 Å². The number of furan rings is 1. The van der Waals surface area contributed by atoms with Crippen LogP contribution in [-0.4, -0.2) is 7.11 Å². The molecule has 2 rings (SSSR count). The summed E-state index contributed by atoms with van der Waals surface area (Å²) < 4.78 is 12.8. The lowest BCUT2D eigenvalue weighted by atomic mass is 10.1. The topological polar surface area (TPSA) is 48.4 Å². The van der Waals surface area contributed by atoms with Gasteiger partial charge in [0, 0.05) is 15.2 Å². The molecule has 2 N–H and O–H groups in total. The van der Waals surface area contributed by atoms with Crippen LogP contribution in [0.3, 0.4) is 0 Å². The van der Waals surface area contributed by atoms with Crippen molar-refractivity contribution in [3.63, 3.8) is 0 Å². The Morgan fingerprint density at radius 2 is 2.17 bits per heavy atom. The molecule has 5 heteroatoms. The van der Waals surface area contributed by atoms with Gasteiger partial charge in [0.25, 0.3) is 0 Å². The molecule has 0 radical (unpaired) electrons. The Morgan fingerprint density at radius 3 is 2.89 bits per heavy atom. The number of halogens is 2. The van der Waals surface area contributed by atoms with Crippen LogP contribution < -0.4 is 5.73 Å². The van der Waals surface area contributed by atoms with E-state index in [1.165, 1.54) is 0 Å². The van der Waals surface area contributed by atoms with Gasteiger partial charge < -0.3 is 14.9 Å². The summed E-state index contributed by atoms with van der Waals surface area (Å²) in [7, 11) is 1.64. The minimum Gasteiger partial charge on any atom is -0.462 e. The zero-order valence-corrected chi connectivity index (χ0v) is 13.6. The minimum absolute atomic E-state index is 0.264. The van der Waals surface area contributed by atoms with Crippen LogP contribution in [0.15, 0.2) is 39.2 Å². The summed E-state index contributed by atoms with van der Waals surface area (Å²) in [6.45, 7) is 0.461. The summed E-state index contributed by atoms with van der Waals surface area (Å²) in [4.78, 5) is 0. The van der Waals surface area contributed by atoms with Gasteiger partial charge in [0.1, 0.15) is 18.1 Å². The van der Waals surface area contributed by atoms with Crippen molar-refractivity contribution in [1.82, 2.24) is 0 Å². The molecule has 0 aliphatic heterocycles. The van der Waals surface area contributed by atoms with E-state index in [9.17, 15) is 0 Å². The van der Waals surface area contributed by atoms with Crippen molar-refractivity contribution in [2.45, 2.75) is 12.6 Å². The molecule has 1 unspecified atom stereocenters. The highest BCUT2D eigenvalue weighted by atomic mass is 127. The second-order valence-corrected chi connectivity index (χ2v) is 5.96. The molecule has 0 spiro atoms. The first-order valence-corrected chi connectivity index (χ1v) is 7.27. The molecule has 1 aromatic carbocycles. The van der Waals surface area contributed by atoms with Gasteiger partial charge in [-0.1, -0.05) is 15.9 Å². The third-order valence-electron chi connectivity index (χ3n) is 2.57. The Balaban J connectivity index is 2.29. The van der Waals surface area contributed by atoms with E-state index in [2.05, 4.69) is 38.5 Å². The lowest BCUT2D eigenvalue weighted by Crippen LogP contribution is -2.12. The molecule has 1 atom stereocenters. The van der Waals surface area contributed by atoms with Crippen LogP contribution in [-0.2, 0) is 11.3 Å². The van der Waals surface area contributed by atoms with E-state index in [0.29, 0.717) is 6.61 Å². The maximum absolute atomic E-state index is 6.24. The van der Waals surface area contributed by atoms with Crippen molar-refractivity contribution in [3.05, 3.63) is 55.5 Å². The van der Waals surface area contributed by atoms with Crippen LogP contribution in [0, 0.1) is 3.57 Å². The Bertz CT molecular complexity index is 542. The Morgan fingerprint density at radius 1 is 1.39 bits per heavy atom. The fourth-order valence-corrected chi connectivity index (χ4v) is 2.74. The number of nitrogens with two attached hydrogens (primary N) is 1. The van der Waals surface area contributed by atoms with Gasteiger partial charge >= 0.3 is 0 Å². The molecule has 0 fully saturated rings. The van der Waals surface area contributed by atoms with Crippen molar-refractivity contribution in [2.24, 2.45) is 5.73 Å². The van der Waals surface area contributed by atoms with Crippen molar-refractivity contribution < 1.29 is 9.15 Å². The highest BCUT2D eigenvalue weighted by molar-refractivity contribution is 14.1. The summed E-state index contributed by atoms with van der Waals surface area (Å²) in [5, 5.41) is 0. The zero-order valence-electron chi connectivity index (χ0n) is 9.82. The molecular formula is C13H13BrINO2. The molecule has 0 bridgehead atoms. The highest BCUT2D eigenvalue weighted by Gasteiger charge is 2.16. The number of hydrogen-bond donors (Lipinski definition) is 1. The smallest absolute Gasteiger partial charge is 0.129 e. The van der Waals surface area contributed by atoms with Crippen molar-refractivity contribution in [3.8, 4) is 0 Å². The second kappa shape index (κ2) is 6.18. The Kier molecular flexibility index (Phi) is 4.83. The molecule has 0 aliphatic carbocycles. The van der Waals surface area contributed by atoms with Gasteiger partial charge in [0.2, 0.25) is 0 Å². The third kappa shape index (κ3) is 3.14. The SMILES string of the molecule is COCc1ccc(C(N)c2cc(Br)ccc2I)o1. The predicted molar refractivity (Wildman–Crippen MR) is 82.3 cm³/mol. The summed E-state index contributed by atoms with van der Waals surface area (Å²) in [5.41, 5.74) is 7.28. The zero-order chi connectivity index (χ0) is 13.1. The number of ether oxygens (including phenoxy) is 1. The average molecular weight is 422 g/mol. The van der Waals surface area contributed by atoms with Crippen LogP contribution in [0.1, 0.15) is 23.1 Å². The van der Waals surface area contributed by atoms with E-state index in [0.717, 1.165) is 25.1 Å². The van der Waals surface area contributed by atoms with E-state index in [-0.39, 0.29) is 6.04 Å². The van der Waals surface area contributed by atoms with Crippen LogP contribution in [0.25, 0.3) is 0 Å². The quantitative estimate of drug-likeness (QED) is 0.763. The van der Waals surface area contributed by atoms with Gasteiger partial charge in [0.15, 0.2) is 0 Å². The fraction of sp³-hybridized carbons (Fsp3) is 0.231. The van der Waals surface area contributed by atoms with E-state index < -0.39 is 0 Å². The highest BCUT2D eigenvalue weighted by Crippen LogP contribution is 2.28. The first-order chi connectivity index (χ1) is 8.61. The van der Waals surface area contributed by atoms with Gasteiger partial charge in [-0.2, -0.15) is 0 Å². The molecule has 0 saturated carbocycles. The average Bonchev–Trinajstić information content (AvgIpc) is 2.80. The van der Waals surface area contributed by atoms with Gasteiger partial charge in [-0.05, 0) is 58.5 Å². The summed E-state index contributed by atoms with van der Waals surface area (Å²) in [6, 6.07) is 9.57. The van der Waals surface area contributed by atoms with E-state index >= 15 is 0 Å². The summed E-state index contributed by atoms with van der Waals surface area (Å²) in [5.74, 6) is 1.53. The molecule has 2 aromatic rings. The van der Waals surface area contributed by atoms with Crippen molar-refractivity contribution in [2.75, 3.05) is 7.11 Å². The van der Waals surface area contributed by atoms with Crippen molar-refractivity contribution >= 4 is 38.5 Å². The molecule has 18 heavy (non-hydrogen) atoms. The molecule has 1 heterocycles. The Labute approximate surface area is 128 Å². The largest absolute Gasteiger partial charge is 0.462 e. The first-order valence-electron chi connectivity index (χ1n) is 5.40. The number of rotatable bonds is 4. The fourth-order valence-electron chi connectivity index (χ4n) is 1.69. The van der Waals surface area contributed by atoms with Gasteiger partial charge in [-0.3, -0.25) is 0 Å². The van der Waals surface area contributed by atoms with E-state index in [1.54, 1.807) is 7.11 Å². The monoisotopic (exact) mass is 421 g/mol. The standard InChI is InChI=1S/C13H13BrINO2/c1-17-7-9-3-5-12(18-9)13(16)10-6-8(14)2-4-11(10)15/h2-6,13H,7,16H2,1H3. The van der Waals surface area contributed by atoms with Crippen molar-refractivity contribution in [1.29, 1.82) is 0 Å². The molecule has 0 saturated heterocycles. The molecule has 0 amide bonds. The second-order valence-electron chi connectivity index (χ2n) is 3.88. The lowest BCUT2D eigenvalue weighted by Gasteiger charge is -2.12. The van der Waals surface area contributed by atoms with Gasteiger partial charge in [-0.25, -0.2) is 0 Å². The van der Waals surface area contributed by atoms with E-state index in [1.807, 2.05) is 30.3 Å². The minimum atomic E-state index is -0.264. The first kappa shape index (κ1) is 14.0. The molecule has 1 aromatic heterocycles. The summed E-state index contributed by atoms with van der Waals surface area (Å²) >= 11 is 5.73. The maximum Gasteiger partial charge on any atom is 0.129 e. The molecular weight excluding hydrogens is 409 g/mol. The van der Waals surface area contributed by atoms with Crippen LogP contribution in [0.2, 0.25) is 0 Å². The number of methoxy groups -OCH3 is 1. The van der Waals surface area contributed by atoms with Crippen LogP contribution >= 0.6 is 38.5 Å². The van der Waals surface area contributed by atoms with Gasteiger partial charge in [-0.15, -0.1) is 0 Å². The predicted octanol–water partition coefficient (Wildman–Crippen LogP) is 3.84. The molecule has 0 aliphatic rings. The number of hydrogen-bond acceptors (Lipinski definition) is 3. The maximum atomic E-state index is 6.24. The number of benzene rings is 1. The summed E-state index contributed by atoms with van der Waals surface area (Å²) in [6.07, 6.45) is 0. The normalized spacial score (nSPS) is 12.7. The third-order valence-corrected chi connectivity index (χ3v) is 4.04. The van der Waals surface area contributed by atoms with Crippen LogP contribution in [0.5, 0.6) is 0 Å².